The molecule has 0 unspecified atom stereocenters. The topological polar surface area (TPSA) is 84.9 Å². The Morgan fingerprint density at radius 1 is 1.00 bits per heavy atom. The van der Waals surface area contributed by atoms with Crippen LogP contribution in [0.2, 0.25) is 0 Å². The Bertz CT molecular complexity index is 1090. The highest BCUT2D eigenvalue weighted by Gasteiger charge is 2.45. The van der Waals surface area contributed by atoms with E-state index in [1.54, 1.807) is 12.1 Å². The van der Waals surface area contributed by atoms with Crippen LogP contribution in [0.5, 0.6) is 11.5 Å². The molecule has 8 heteroatoms. The molecule has 1 saturated heterocycles. The van der Waals surface area contributed by atoms with Gasteiger partial charge < -0.3 is 14.8 Å². The summed E-state index contributed by atoms with van der Waals surface area (Å²) in [5, 5.41) is 3.14. The molecule has 170 valence electrons. The molecule has 2 aliphatic heterocycles. The second-order valence-electron chi connectivity index (χ2n) is 8.81. The van der Waals surface area contributed by atoms with Gasteiger partial charge in [0, 0.05) is 25.7 Å². The highest BCUT2D eigenvalue weighted by Crippen LogP contribution is 2.39. The molecule has 3 aliphatic rings. The van der Waals surface area contributed by atoms with Crippen molar-refractivity contribution in [1.29, 1.82) is 0 Å². The number of ether oxygens (including phenoxy) is 2. The monoisotopic (exact) mass is 456 g/mol. The van der Waals surface area contributed by atoms with Crippen molar-refractivity contribution in [3.63, 3.8) is 0 Å². The van der Waals surface area contributed by atoms with E-state index in [4.69, 9.17) is 9.47 Å². The van der Waals surface area contributed by atoms with E-state index in [1.807, 2.05) is 30.3 Å². The van der Waals surface area contributed by atoms with Gasteiger partial charge in [-0.05, 0) is 49.3 Å². The molecule has 32 heavy (non-hydrogen) atoms. The zero-order chi connectivity index (χ0) is 22.2. The fraction of sp³-hybridized carbons (Fsp3) is 0.458. The van der Waals surface area contributed by atoms with Crippen molar-refractivity contribution in [2.24, 2.45) is 5.92 Å². The van der Waals surface area contributed by atoms with Crippen LogP contribution in [0.15, 0.2) is 53.4 Å². The Kier molecular flexibility index (Phi) is 5.59. The molecule has 0 atom stereocenters. The molecule has 5 rings (SSSR count). The van der Waals surface area contributed by atoms with E-state index in [2.05, 4.69) is 5.32 Å². The average Bonchev–Trinajstić information content (AvgIpc) is 3.67. The van der Waals surface area contributed by atoms with E-state index in [-0.39, 0.29) is 23.9 Å². The van der Waals surface area contributed by atoms with Crippen LogP contribution in [0.4, 0.5) is 0 Å². The summed E-state index contributed by atoms with van der Waals surface area (Å²) in [7, 11) is -3.70. The van der Waals surface area contributed by atoms with Crippen molar-refractivity contribution in [1.82, 2.24) is 9.62 Å². The normalized spacial score (nSPS) is 20.5. The van der Waals surface area contributed by atoms with Crippen molar-refractivity contribution in [3.8, 4) is 11.5 Å². The van der Waals surface area contributed by atoms with Crippen LogP contribution < -0.4 is 14.8 Å². The number of fused-ring (bicyclic) bond motifs is 1. The zero-order valence-electron chi connectivity index (χ0n) is 18.0. The quantitative estimate of drug-likeness (QED) is 0.723. The predicted molar refractivity (Wildman–Crippen MR) is 119 cm³/mol. The number of amides is 1. The lowest BCUT2D eigenvalue weighted by Crippen LogP contribution is -2.53. The van der Waals surface area contributed by atoms with Gasteiger partial charge in [-0.25, -0.2) is 8.42 Å². The smallest absolute Gasteiger partial charge is 0.243 e. The van der Waals surface area contributed by atoms with Gasteiger partial charge in [0.25, 0.3) is 0 Å². The number of nitrogens with zero attached hydrogens (tertiary/aromatic N) is 1. The lowest BCUT2D eigenvalue weighted by atomic mass is 9.72. The van der Waals surface area contributed by atoms with Crippen LogP contribution >= 0.6 is 0 Å². The minimum atomic E-state index is -3.70. The number of carbonyl (C=O) groups is 1. The van der Waals surface area contributed by atoms with Gasteiger partial charge in [-0.2, -0.15) is 4.31 Å². The number of piperidine rings is 1. The van der Waals surface area contributed by atoms with E-state index in [0.717, 1.165) is 5.56 Å². The molecule has 0 bridgehead atoms. The Balaban J connectivity index is 1.36. The van der Waals surface area contributed by atoms with Crippen LogP contribution in [-0.4, -0.2) is 51.5 Å². The third-order valence-corrected chi connectivity index (χ3v) is 8.63. The first-order valence-corrected chi connectivity index (χ1v) is 12.7. The molecule has 0 spiro atoms. The number of hydrogen-bond acceptors (Lipinski definition) is 5. The largest absolute Gasteiger partial charge is 0.486 e. The van der Waals surface area contributed by atoms with Gasteiger partial charge in [-0.15, -0.1) is 0 Å². The Morgan fingerprint density at radius 3 is 2.38 bits per heavy atom. The first kappa shape index (κ1) is 21.3. The highest BCUT2D eigenvalue weighted by atomic mass is 32.2. The SMILES string of the molecule is O=C(NCC1CC1)C1(c2ccccc2)CCN(S(=O)(=O)c2ccc3c(c2)OCCO3)CC1. The number of benzene rings is 2. The molecule has 2 aromatic carbocycles. The van der Waals surface area contributed by atoms with Crippen molar-refractivity contribution < 1.29 is 22.7 Å². The molecule has 0 radical (unpaired) electrons. The van der Waals surface area contributed by atoms with Crippen molar-refractivity contribution in [3.05, 3.63) is 54.1 Å². The lowest BCUT2D eigenvalue weighted by Gasteiger charge is -2.40. The summed E-state index contributed by atoms with van der Waals surface area (Å²) >= 11 is 0. The van der Waals surface area contributed by atoms with Gasteiger partial charge >= 0.3 is 0 Å². The molecule has 1 aliphatic carbocycles. The summed E-state index contributed by atoms with van der Waals surface area (Å²) in [5.41, 5.74) is 0.235. The first-order valence-electron chi connectivity index (χ1n) is 11.2. The minimum absolute atomic E-state index is 0.00646. The highest BCUT2D eigenvalue weighted by molar-refractivity contribution is 7.89. The van der Waals surface area contributed by atoms with E-state index < -0.39 is 15.4 Å². The first-order chi connectivity index (χ1) is 15.5. The average molecular weight is 457 g/mol. The van der Waals surface area contributed by atoms with Gasteiger partial charge in [0.1, 0.15) is 13.2 Å². The van der Waals surface area contributed by atoms with Crippen molar-refractivity contribution >= 4 is 15.9 Å². The Hall–Kier alpha value is -2.58. The third kappa shape index (κ3) is 3.97. The molecular formula is C24H28N2O5S. The summed E-state index contributed by atoms with van der Waals surface area (Å²) in [5.74, 6) is 1.60. The molecule has 7 nitrogen and oxygen atoms in total. The Labute approximate surface area is 188 Å². The summed E-state index contributed by atoms with van der Waals surface area (Å²) in [6.45, 7) is 2.11. The van der Waals surface area contributed by atoms with Crippen LogP contribution in [0.25, 0.3) is 0 Å². The summed E-state index contributed by atoms with van der Waals surface area (Å²) in [6, 6.07) is 14.5. The van der Waals surface area contributed by atoms with Crippen LogP contribution in [0.1, 0.15) is 31.2 Å². The van der Waals surface area contributed by atoms with E-state index in [0.29, 0.717) is 50.0 Å². The maximum Gasteiger partial charge on any atom is 0.243 e. The van der Waals surface area contributed by atoms with Gasteiger partial charge in [-0.1, -0.05) is 30.3 Å². The molecule has 1 saturated carbocycles. The summed E-state index contributed by atoms with van der Waals surface area (Å²) in [4.78, 5) is 13.5. The molecule has 2 heterocycles. The maximum absolute atomic E-state index is 13.3. The maximum atomic E-state index is 13.3. The summed E-state index contributed by atoms with van der Waals surface area (Å²) < 4.78 is 39.2. The van der Waals surface area contributed by atoms with E-state index >= 15 is 0 Å². The fourth-order valence-electron chi connectivity index (χ4n) is 4.57. The van der Waals surface area contributed by atoms with Crippen molar-refractivity contribution in [2.45, 2.75) is 36.0 Å². The van der Waals surface area contributed by atoms with E-state index in [1.165, 1.54) is 23.2 Å². The number of hydrogen-bond donors (Lipinski definition) is 1. The number of rotatable bonds is 6. The predicted octanol–water partition coefficient (Wildman–Crippen LogP) is 2.71. The standard InChI is InChI=1S/C24H28N2O5S/c27-23(25-17-18-6-7-18)24(19-4-2-1-3-5-19)10-12-26(13-11-24)32(28,29)20-8-9-21-22(16-20)31-15-14-30-21/h1-5,8-9,16,18H,6-7,10-15,17H2,(H,25,27). The number of sulfonamides is 1. The molecule has 2 aromatic rings. The van der Waals surface area contributed by atoms with Gasteiger partial charge in [-0.3, -0.25) is 4.79 Å². The van der Waals surface area contributed by atoms with E-state index in [9.17, 15) is 13.2 Å². The van der Waals surface area contributed by atoms with Crippen LogP contribution in [0, 0.1) is 5.92 Å². The zero-order valence-corrected chi connectivity index (χ0v) is 18.8. The van der Waals surface area contributed by atoms with Gasteiger partial charge in [0.15, 0.2) is 11.5 Å². The number of nitrogens with one attached hydrogen (secondary N) is 1. The second-order valence-corrected chi connectivity index (χ2v) is 10.7. The lowest BCUT2D eigenvalue weighted by molar-refractivity contribution is -0.128. The van der Waals surface area contributed by atoms with Crippen LogP contribution in [-0.2, 0) is 20.2 Å². The minimum Gasteiger partial charge on any atom is -0.486 e. The molecule has 1 amide bonds. The second kappa shape index (κ2) is 8.41. The molecule has 0 aromatic heterocycles. The van der Waals surface area contributed by atoms with Crippen LogP contribution in [0.3, 0.4) is 0 Å². The number of carbonyl (C=O) groups excluding carboxylic acids is 1. The molecular weight excluding hydrogens is 428 g/mol. The Morgan fingerprint density at radius 2 is 1.69 bits per heavy atom. The summed E-state index contributed by atoms with van der Waals surface area (Å²) in [6.07, 6.45) is 3.22. The fourth-order valence-corrected chi connectivity index (χ4v) is 6.03. The molecule has 1 N–H and O–H groups in total. The third-order valence-electron chi connectivity index (χ3n) is 6.74. The van der Waals surface area contributed by atoms with Gasteiger partial charge in [0.2, 0.25) is 15.9 Å². The molecule has 2 fully saturated rings. The van der Waals surface area contributed by atoms with Gasteiger partial charge in [0.05, 0.1) is 10.3 Å². The van der Waals surface area contributed by atoms with Crippen molar-refractivity contribution in [2.75, 3.05) is 32.8 Å².